The van der Waals surface area contributed by atoms with Gasteiger partial charge in [0.05, 0.1) is 22.2 Å². The normalized spacial score (nSPS) is 19.5. The van der Waals surface area contributed by atoms with Crippen molar-refractivity contribution in [2.24, 2.45) is 0 Å². The third kappa shape index (κ3) is 6.18. The van der Waals surface area contributed by atoms with Crippen LogP contribution in [0.1, 0.15) is 34.5 Å². The van der Waals surface area contributed by atoms with Crippen molar-refractivity contribution in [3.05, 3.63) is 64.9 Å². The zero-order valence-corrected chi connectivity index (χ0v) is 25.0. The number of carbonyl (C=O) groups is 2. The van der Waals surface area contributed by atoms with Gasteiger partial charge >= 0.3 is 0 Å². The molecule has 3 aromatic rings. The Hall–Kier alpha value is -3.92. The van der Waals surface area contributed by atoms with E-state index in [1.54, 1.807) is 12.1 Å². The summed E-state index contributed by atoms with van der Waals surface area (Å²) in [4.78, 5) is 30.7. The number of sulfonamides is 1. The zero-order chi connectivity index (χ0) is 31.0. The first-order valence-electron chi connectivity index (χ1n) is 14.5. The monoisotopic (exact) mass is 628 g/mol. The molecule has 4 heterocycles. The van der Waals surface area contributed by atoms with Gasteiger partial charge in [0.15, 0.2) is 5.82 Å². The minimum Gasteiger partial charge on any atom is -0.369 e. The maximum Gasteiger partial charge on any atom is 0.258 e. The van der Waals surface area contributed by atoms with Crippen LogP contribution in [0.5, 0.6) is 0 Å². The lowest BCUT2D eigenvalue weighted by atomic mass is 10.1. The minimum absolute atomic E-state index is 0.0577. The Balaban J connectivity index is 1.24. The summed E-state index contributed by atoms with van der Waals surface area (Å²) < 4.78 is 55.2. The van der Waals surface area contributed by atoms with Crippen LogP contribution in [0.3, 0.4) is 0 Å². The van der Waals surface area contributed by atoms with Crippen molar-refractivity contribution >= 4 is 39.0 Å². The predicted octanol–water partition coefficient (Wildman–Crippen LogP) is 2.13. The second-order valence-electron chi connectivity index (χ2n) is 11.3. The Morgan fingerprint density at radius 2 is 1.75 bits per heavy atom. The molecule has 0 unspecified atom stereocenters. The number of likely N-dealkylation sites (N-methyl/N-ethyl adjacent to an activating group) is 1. The summed E-state index contributed by atoms with van der Waals surface area (Å²) in [6, 6.07) is 7.11. The molecule has 0 radical (unpaired) electrons. The molecule has 12 nitrogen and oxygen atoms in total. The summed E-state index contributed by atoms with van der Waals surface area (Å²) in [5.74, 6) is -2.62. The van der Waals surface area contributed by atoms with Crippen LogP contribution in [0.25, 0.3) is 0 Å². The van der Waals surface area contributed by atoms with Crippen LogP contribution in [-0.2, 0) is 27.8 Å². The number of rotatable bonds is 7. The number of aromatic nitrogens is 2. The molecule has 1 aromatic heterocycles. The molecule has 2 fully saturated rings. The highest BCUT2D eigenvalue weighted by molar-refractivity contribution is 7.89. The fourth-order valence-electron chi connectivity index (χ4n) is 5.80. The highest BCUT2D eigenvalue weighted by Crippen LogP contribution is 2.31. The van der Waals surface area contributed by atoms with E-state index in [2.05, 4.69) is 43.0 Å². The number of aromatic amines is 1. The fourth-order valence-corrected chi connectivity index (χ4v) is 7.26. The van der Waals surface area contributed by atoms with Crippen LogP contribution in [0.15, 0.2) is 41.3 Å². The van der Waals surface area contributed by atoms with E-state index in [4.69, 9.17) is 0 Å². The summed E-state index contributed by atoms with van der Waals surface area (Å²) in [5.41, 5.74) is 2.56. The molecule has 0 saturated carbocycles. The molecule has 234 valence electrons. The second kappa shape index (κ2) is 12.2. The first kappa shape index (κ1) is 30.1. The molecule has 1 atom stereocenters. The number of piperazine rings is 1. The van der Waals surface area contributed by atoms with Crippen LogP contribution in [0.2, 0.25) is 0 Å². The lowest BCUT2D eigenvalue weighted by Gasteiger charge is -2.34. The van der Waals surface area contributed by atoms with E-state index in [-0.39, 0.29) is 42.8 Å². The molecular weight excluding hydrogens is 594 g/mol. The van der Waals surface area contributed by atoms with Crippen LogP contribution in [0.4, 0.5) is 26.0 Å². The molecule has 4 N–H and O–H groups in total. The lowest BCUT2D eigenvalue weighted by molar-refractivity contribution is -0.117. The summed E-state index contributed by atoms with van der Waals surface area (Å²) in [7, 11) is -2.17. The second-order valence-corrected chi connectivity index (χ2v) is 13.3. The average molecular weight is 629 g/mol. The van der Waals surface area contributed by atoms with E-state index in [0.717, 1.165) is 61.3 Å². The molecule has 6 rings (SSSR count). The molecule has 2 aromatic carbocycles. The molecule has 44 heavy (non-hydrogen) atoms. The van der Waals surface area contributed by atoms with Crippen LogP contribution in [0, 0.1) is 11.6 Å². The highest BCUT2D eigenvalue weighted by atomic mass is 32.2. The number of H-pyrrole nitrogens is 1. The van der Waals surface area contributed by atoms with Crippen molar-refractivity contribution < 1.29 is 26.8 Å². The third-order valence-corrected chi connectivity index (χ3v) is 10.2. The molecule has 3 aliphatic heterocycles. The Labute approximate surface area is 253 Å². The summed E-state index contributed by atoms with van der Waals surface area (Å²) in [5, 5.41) is 16.0. The van der Waals surface area contributed by atoms with E-state index in [0.29, 0.717) is 29.4 Å². The largest absolute Gasteiger partial charge is 0.369 e. The summed E-state index contributed by atoms with van der Waals surface area (Å²) in [6.07, 6.45) is 1.84. The van der Waals surface area contributed by atoms with E-state index in [1.165, 1.54) is 0 Å². The van der Waals surface area contributed by atoms with Crippen molar-refractivity contribution in [3.63, 3.8) is 0 Å². The molecule has 0 bridgehead atoms. The first-order chi connectivity index (χ1) is 21.1. The minimum atomic E-state index is -4.23. The van der Waals surface area contributed by atoms with Crippen molar-refractivity contribution in [3.8, 4) is 0 Å². The Morgan fingerprint density at radius 3 is 2.45 bits per heavy atom. The molecule has 3 aliphatic rings. The van der Waals surface area contributed by atoms with Crippen molar-refractivity contribution in [1.29, 1.82) is 0 Å². The number of nitrogens with one attached hydrogen (secondary N) is 4. The Bertz CT molecular complexity index is 1660. The lowest BCUT2D eigenvalue weighted by Crippen LogP contribution is -2.44. The van der Waals surface area contributed by atoms with Gasteiger partial charge in [-0.25, -0.2) is 17.2 Å². The van der Waals surface area contributed by atoms with Gasteiger partial charge in [0.2, 0.25) is 15.9 Å². The van der Waals surface area contributed by atoms with Gasteiger partial charge in [-0.1, -0.05) is 0 Å². The molecule has 0 spiro atoms. The number of nitrogens with zero attached hydrogens (tertiary/aromatic N) is 4. The molecule has 2 saturated heterocycles. The summed E-state index contributed by atoms with van der Waals surface area (Å²) >= 11 is 0. The van der Waals surface area contributed by atoms with Gasteiger partial charge in [-0.3, -0.25) is 14.7 Å². The maximum absolute atomic E-state index is 13.8. The van der Waals surface area contributed by atoms with Crippen molar-refractivity contribution in [2.75, 3.05) is 61.8 Å². The smallest absolute Gasteiger partial charge is 0.258 e. The number of amides is 2. The number of benzene rings is 2. The number of fused-ring (bicyclic) bond motifs is 1. The maximum atomic E-state index is 13.8. The highest BCUT2D eigenvalue weighted by Gasteiger charge is 2.33. The number of anilines is 3. The summed E-state index contributed by atoms with van der Waals surface area (Å²) in [6.45, 7) is 4.03. The topological polar surface area (TPSA) is 143 Å². The first-order valence-corrected chi connectivity index (χ1v) is 16.0. The zero-order valence-electron chi connectivity index (χ0n) is 24.2. The van der Waals surface area contributed by atoms with Crippen LogP contribution in [-0.4, -0.2) is 92.0 Å². The third-order valence-electron chi connectivity index (χ3n) is 8.36. The number of hydrogen-bond donors (Lipinski definition) is 4. The number of carbonyl (C=O) groups excluding carboxylic acids is 2. The average Bonchev–Trinajstić information content (AvgIpc) is 3.68. The van der Waals surface area contributed by atoms with Gasteiger partial charge in [0.25, 0.3) is 5.91 Å². The molecule has 15 heteroatoms. The SMILES string of the molecule is CN1CCN(c2ccc(C(=O)Nc3n[nH]c4c3CN(S(=O)(=O)c3cc(F)cc(F)c3)CC4)c(NC(=O)[C@H]3CCCN3)c2)CC1. The van der Waals surface area contributed by atoms with Gasteiger partial charge in [0, 0.05) is 68.7 Å². The quantitative estimate of drug-likeness (QED) is 0.312. The molecular formula is C29H34F2N8O4S. The number of halogens is 2. The van der Waals surface area contributed by atoms with Gasteiger partial charge in [-0.05, 0) is 56.8 Å². The fraction of sp³-hybridized carbons (Fsp3) is 0.414. The van der Waals surface area contributed by atoms with E-state index >= 15 is 0 Å². The molecule has 2 amide bonds. The van der Waals surface area contributed by atoms with Gasteiger partial charge in [-0.15, -0.1) is 0 Å². The number of hydrogen-bond acceptors (Lipinski definition) is 8. The van der Waals surface area contributed by atoms with E-state index in [1.807, 2.05) is 6.07 Å². The van der Waals surface area contributed by atoms with Crippen molar-refractivity contribution in [2.45, 2.75) is 36.7 Å². The standard InChI is InChI=1S/C29H34F2N8O4S/c1-37-9-11-38(12-10-37)20-4-5-22(26(16-20)33-29(41)25-3-2-7-32-25)28(40)34-27-23-17-39(8-6-24(23)35-36-27)44(42,43)21-14-18(30)13-19(31)15-21/h4-5,13-16,25,32H,2-3,6-12,17H2,1H3,(H,33,41)(H2,34,35,36,40)/t25-/m1/s1. The van der Waals surface area contributed by atoms with Crippen LogP contribution >= 0.6 is 0 Å². The predicted molar refractivity (Wildman–Crippen MR) is 160 cm³/mol. The van der Waals surface area contributed by atoms with Crippen molar-refractivity contribution in [1.82, 2.24) is 24.7 Å². The van der Waals surface area contributed by atoms with Gasteiger partial charge in [-0.2, -0.15) is 9.40 Å². The Morgan fingerprint density at radius 1 is 1.00 bits per heavy atom. The van der Waals surface area contributed by atoms with E-state index < -0.39 is 32.5 Å². The Kier molecular flexibility index (Phi) is 8.37. The van der Waals surface area contributed by atoms with Crippen LogP contribution < -0.4 is 20.9 Å². The van der Waals surface area contributed by atoms with Gasteiger partial charge < -0.3 is 25.8 Å². The van der Waals surface area contributed by atoms with E-state index in [9.17, 15) is 26.8 Å². The molecule has 0 aliphatic carbocycles. The van der Waals surface area contributed by atoms with Gasteiger partial charge in [0.1, 0.15) is 11.6 Å².